The molecule has 4 nitrogen and oxygen atoms in total. The zero-order chi connectivity index (χ0) is 17.5. The Morgan fingerprint density at radius 1 is 1.21 bits per heavy atom. The zero-order valence-corrected chi connectivity index (χ0v) is 14.1. The van der Waals surface area contributed by atoms with Crippen LogP contribution >= 0.6 is 0 Å². The molecule has 2 aromatic rings. The third kappa shape index (κ3) is 4.80. The molecule has 5 heteroatoms. The molecular weight excluding hydrogens is 309 g/mol. The smallest absolute Gasteiger partial charge is 0.255 e. The first kappa shape index (κ1) is 17.9. The van der Waals surface area contributed by atoms with Crippen LogP contribution in [0.5, 0.6) is 5.75 Å². The summed E-state index contributed by atoms with van der Waals surface area (Å²) in [6, 6.07) is 11.2. The monoisotopic (exact) mass is 331 g/mol. The van der Waals surface area contributed by atoms with E-state index in [-0.39, 0.29) is 17.7 Å². The summed E-state index contributed by atoms with van der Waals surface area (Å²) in [6.07, 6.45) is 0.0652. The molecule has 0 aliphatic carbocycles. The summed E-state index contributed by atoms with van der Waals surface area (Å²) in [5.41, 5.74) is 1.35. The summed E-state index contributed by atoms with van der Waals surface area (Å²) >= 11 is 0. The average molecular weight is 331 g/mol. The number of carbonyl (C=O) groups excluding carboxylic acids is 1. The van der Waals surface area contributed by atoms with E-state index in [0.717, 1.165) is 5.56 Å². The van der Waals surface area contributed by atoms with Crippen LogP contribution in [0.4, 0.5) is 10.1 Å². The van der Waals surface area contributed by atoms with Crippen molar-refractivity contribution in [3.8, 4) is 5.75 Å². The molecule has 1 amide bonds. The van der Waals surface area contributed by atoms with Crippen molar-refractivity contribution >= 4 is 11.6 Å². The summed E-state index contributed by atoms with van der Waals surface area (Å²) in [7, 11) is 0. The minimum Gasteiger partial charge on any atom is -0.494 e. The molecule has 0 saturated heterocycles. The van der Waals surface area contributed by atoms with Crippen molar-refractivity contribution in [1.29, 1.82) is 0 Å². The fourth-order valence-electron chi connectivity index (χ4n) is 2.14. The highest BCUT2D eigenvalue weighted by atomic mass is 19.1. The predicted octanol–water partition coefficient (Wildman–Crippen LogP) is 4.40. The fourth-order valence-corrected chi connectivity index (χ4v) is 2.14. The molecule has 0 spiro atoms. The van der Waals surface area contributed by atoms with Crippen LogP contribution in [-0.4, -0.2) is 18.6 Å². The van der Waals surface area contributed by atoms with Crippen molar-refractivity contribution in [1.82, 2.24) is 0 Å². The molecule has 1 N–H and O–H groups in total. The van der Waals surface area contributed by atoms with Crippen molar-refractivity contribution in [2.45, 2.75) is 33.5 Å². The van der Waals surface area contributed by atoms with Crippen LogP contribution in [-0.2, 0) is 11.3 Å². The van der Waals surface area contributed by atoms with Crippen LogP contribution < -0.4 is 10.1 Å². The molecular formula is C19H22FNO3. The first-order valence-corrected chi connectivity index (χ1v) is 7.94. The van der Waals surface area contributed by atoms with E-state index in [2.05, 4.69) is 5.32 Å². The van der Waals surface area contributed by atoms with E-state index >= 15 is 0 Å². The molecule has 128 valence electrons. The lowest BCUT2D eigenvalue weighted by Crippen LogP contribution is -2.14. The van der Waals surface area contributed by atoms with Crippen LogP contribution in [0.3, 0.4) is 0 Å². The fraction of sp³-hybridized carbons (Fsp3) is 0.316. The minimum absolute atomic E-state index is 0.0652. The third-order valence-electron chi connectivity index (χ3n) is 3.32. The molecule has 0 aliphatic rings. The highest BCUT2D eigenvalue weighted by molar-refractivity contribution is 6.04. The quantitative estimate of drug-likeness (QED) is 0.818. The van der Waals surface area contributed by atoms with Gasteiger partial charge in [0.1, 0.15) is 11.6 Å². The average Bonchev–Trinajstić information content (AvgIpc) is 2.56. The first-order chi connectivity index (χ1) is 11.5. The van der Waals surface area contributed by atoms with Gasteiger partial charge in [0.05, 0.1) is 25.0 Å². The minimum atomic E-state index is -0.472. The number of hydrogen-bond acceptors (Lipinski definition) is 3. The zero-order valence-electron chi connectivity index (χ0n) is 14.1. The maximum Gasteiger partial charge on any atom is 0.255 e. The number of halogens is 1. The lowest BCUT2D eigenvalue weighted by Gasteiger charge is -2.14. The van der Waals surface area contributed by atoms with Crippen molar-refractivity contribution < 1.29 is 18.7 Å². The number of ether oxygens (including phenoxy) is 2. The molecule has 2 rings (SSSR count). The number of benzene rings is 2. The van der Waals surface area contributed by atoms with Crippen molar-refractivity contribution in [2.24, 2.45) is 0 Å². The standard InChI is InChI=1S/C19H22FNO3/c1-4-23-18-10-9-14(11-15(18)12-24-13(2)3)19(22)21-17-8-6-5-7-16(17)20/h5-11,13H,4,12H2,1-3H3,(H,21,22). The van der Waals surface area contributed by atoms with Gasteiger partial charge >= 0.3 is 0 Å². The number of para-hydroxylation sites is 1. The lowest BCUT2D eigenvalue weighted by molar-refractivity contribution is 0.0641. The van der Waals surface area contributed by atoms with Gasteiger partial charge in [-0.15, -0.1) is 0 Å². The summed E-state index contributed by atoms with van der Waals surface area (Å²) in [5.74, 6) is -0.172. The van der Waals surface area contributed by atoms with Gasteiger partial charge in [-0.05, 0) is 51.1 Å². The van der Waals surface area contributed by atoms with Gasteiger partial charge < -0.3 is 14.8 Å². The summed E-state index contributed by atoms with van der Waals surface area (Å²) in [5, 5.41) is 2.57. The molecule has 2 aromatic carbocycles. The van der Waals surface area contributed by atoms with E-state index in [4.69, 9.17) is 9.47 Å². The van der Waals surface area contributed by atoms with Crippen LogP contribution in [0.1, 0.15) is 36.7 Å². The maximum atomic E-state index is 13.7. The number of rotatable bonds is 7. The normalized spacial score (nSPS) is 10.7. The van der Waals surface area contributed by atoms with Gasteiger partial charge in [-0.1, -0.05) is 12.1 Å². The van der Waals surface area contributed by atoms with Gasteiger partial charge in [0, 0.05) is 11.1 Å². The van der Waals surface area contributed by atoms with Crippen molar-refractivity contribution in [2.75, 3.05) is 11.9 Å². The molecule has 0 unspecified atom stereocenters. The Morgan fingerprint density at radius 2 is 1.96 bits per heavy atom. The highest BCUT2D eigenvalue weighted by Gasteiger charge is 2.13. The van der Waals surface area contributed by atoms with E-state index in [1.165, 1.54) is 12.1 Å². The predicted molar refractivity (Wildman–Crippen MR) is 91.9 cm³/mol. The first-order valence-electron chi connectivity index (χ1n) is 7.94. The second-order valence-corrected chi connectivity index (χ2v) is 5.55. The molecule has 0 fully saturated rings. The molecule has 0 atom stereocenters. The van der Waals surface area contributed by atoms with Crippen LogP contribution in [0.15, 0.2) is 42.5 Å². The Kier molecular flexibility index (Phi) is 6.32. The molecule has 0 saturated carbocycles. The third-order valence-corrected chi connectivity index (χ3v) is 3.32. The second-order valence-electron chi connectivity index (χ2n) is 5.55. The SMILES string of the molecule is CCOc1ccc(C(=O)Nc2ccccc2F)cc1COC(C)C. The topological polar surface area (TPSA) is 47.6 Å². The van der Waals surface area contributed by atoms with Gasteiger partial charge in [0.15, 0.2) is 0 Å². The number of amides is 1. The highest BCUT2D eigenvalue weighted by Crippen LogP contribution is 2.23. The number of hydrogen-bond donors (Lipinski definition) is 1. The van der Waals surface area contributed by atoms with Gasteiger partial charge in [0.25, 0.3) is 5.91 Å². The lowest BCUT2D eigenvalue weighted by atomic mass is 10.1. The van der Waals surface area contributed by atoms with E-state index in [0.29, 0.717) is 24.5 Å². The number of nitrogens with one attached hydrogen (secondary N) is 1. The Morgan fingerprint density at radius 3 is 2.62 bits per heavy atom. The molecule has 0 heterocycles. The molecule has 0 radical (unpaired) electrons. The summed E-state index contributed by atoms with van der Waals surface area (Å²) < 4.78 is 24.8. The van der Waals surface area contributed by atoms with Crippen LogP contribution in [0.25, 0.3) is 0 Å². The molecule has 0 bridgehead atoms. The van der Waals surface area contributed by atoms with Crippen LogP contribution in [0.2, 0.25) is 0 Å². The van der Waals surface area contributed by atoms with E-state index in [1.807, 2.05) is 20.8 Å². The summed E-state index contributed by atoms with van der Waals surface area (Å²) in [4.78, 5) is 12.4. The van der Waals surface area contributed by atoms with E-state index < -0.39 is 5.82 Å². The van der Waals surface area contributed by atoms with E-state index in [9.17, 15) is 9.18 Å². The maximum absolute atomic E-state index is 13.7. The Hall–Kier alpha value is -2.40. The molecule has 24 heavy (non-hydrogen) atoms. The summed E-state index contributed by atoms with van der Waals surface area (Å²) in [6.45, 7) is 6.64. The van der Waals surface area contributed by atoms with Crippen molar-refractivity contribution in [3.05, 3.63) is 59.4 Å². The van der Waals surface area contributed by atoms with Gasteiger partial charge in [-0.25, -0.2) is 4.39 Å². The van der Waals surface area contributed by atoms with Gasteiger partial charge in [0.2, 0.25) is 0 Å². The van der Waals surface area contributed by atoms with Gasteiger partial charge in [-0.2, -0.15) is 0 Å². The Balaban J connectivity index is 2.21. The molecule has 0 aliphatic heterocycles. The van der Waals surface area contributed by atoms with E-state index in [1.54, 1.807) is 30.3 Å². The Bertz CT molecular complexity index is 701. The second kappa shape index (κ2) is 8.45. The Labute approximate surface area is 141 Å². The van der Waals surface area contributed by atoms with Crippen LogP contribution in [0, 0.1) is 5.82 Å². The number of carbonyl (C=O) groups is 1. The number of anilines is 1. The molecule has 0 aromatic heterocycles. The van der Waals surface area contributed by atoms with Crippen molar-refractivity contribution in [3.63, 3.8) is 0 Å². The van der Waals surface area contributed by atoms with Gasteiger partial charge in [-0.3, -0.25) is 4.79 Å². The largest absolute Gasteiger partial charge is 0.494 e.